The van der Waals surface area contributed by atoms with Gasteiger partial charge < -0.3 is 5.32 Å². The predicted octanol–water partition coefficient (Wildman–Crippen LogP) is 4.72. The molecule has 0 radical (unpaired) electrons. The number of anilines is 1. The molecule has 3 aromatic carbocycles. The molecular weight excluding hydrogens is 384 g/mol. The molecule has 0 spiro atoms. The van der Waals surface area contributed by atoms with Crippen LogP contribution in [0, 0.1) is 12.8 Å². The van der Waals surface area contributed by atoms with Gasteiger partial charge in [-0.05, 0) is 43.5 Å². The van der Waals surface area contributed by atoms with Crippen molar-refractivity contribution < 1.29 is 13.2 Å². The highest BCUT2D eigenvalue weighted by atomic mass is 32.2. The Morgan fingerprint density at radius 3 is 2.14 bits per heavy atom. The third-order valence-electron chi connectivity index (χ3n) is 5.15. The van der Waals surface area contributed by atoms with Crippen molar-refractivity contribution >= 4 is 32.4 Å². The van der Waals surface area contributed by atoms with E-state index in [-0.39, 0.29) is 22.8 Å². The molecule has 6 heteroatoms. The van der Waals surface area contributed by atoms with E-state index in [1.165, 1.54) is 0 Å². The van der Waals surface area contributed by atoms with Gasteiger partial charge in [-0.3, -0.25) is 4.79 Å². The third kappa shape index (κ3) is 4.49. The van der Waals surface area contributed by atoms with Crippen molar-refractivity contribution in [1.29, 1.82) is 0 Å². The number of sulfonamides is 1. The Morgan fingerprint density at radius 1 is 0.862 bits per heavy atom. The van der Waals surface area contributed by atoms with Crippen molar-refractivity contribution in [2.75, 3.05) is 5.32 Å². The smallest absolute Gasteiger partial charge is 0.255 e. The molecule has 1 unspecified atom stereocenters. The highest BCUT2D eigenvalue weighted by molar-refractivity contribution is 7.89. The summed E-state index contributed by atoms with van der Waals surface area (Å²) < 4.78 is 28.7. The molecule has 5 nitrogen and oxygen atoms in total. The molecule has 0 aliphatic rings. The number of carbonyl (C=O) groups is 1. The van der Waals surface area contributed by atoms with E-state index in [1.54, 1.807) is 30.3 Å². The highest BCUT2D eigenvalue weighted by Crippen LogP contribution is 2.30. The van der Waals surface area contributed by atoms with Crippen LogP contribution in [0.2, 0.25) is 0 Å². The number of hydrogen-bond acceptors (Lipinski definition) is 3. The molecule has 0 bridgehead atoms. The normalized spacial score (nSPS) is 12.9. The van der Waals surface area contributed by atoms with E-state index in [0.717, 1.165) is 5.56 Å². The number of aryl methyl sites for hydroxylation is 1. The van der Waals surface area contributed by atoms with Gasteiger partial charge in [-0.2, -0.15) is 0 Å². The van der Waals surface area contributed by atoms with Gasteiger partial charge in [-0.25, -0.2) is 13.1 Å². The molecule has 0 fully saturated rings. The fourth-order valence-electron chi connectivity index (χ4n) is 3.08. The lowest BCUT2D eigenvalue weighted by Gasteiger charge is -2.19. The van der Waals surface area contributed by atoms with E-state index in [9.17, 15) is 13.2 Å². The van der Waals surface area contributed by atoms with Gasteiger partial charge in [0.2, 0.25) is 10.0 Å². The number of fused-ring (bicyclic) bond motifs is 1. The highest BCUT2D eigenvalue weighted by Gasteiger charge is 2.22. The molecule has 3 aromatic rings. The SMILES string of the molecule is Cc1ccccc1C(=O)Nc1ccc(S(=O)(=O)NC(C)C(C)C)c2ccccc12. The molecule has 0 aromatic heterocycles. The quantitative estimate of drug-likeness (QED) is 0.617. The maximum atomic E-state index is 13.0. The summed E-state index contributed by atoms with van der Waals surface area (Å²) in [6.45, 7) is 7.66. The van der Waals surface area contributed by atoms with Crippen LogP contribution in [0.4, 0.5) is 5.69 Å². The molecular formula is C23H26N2O3S. The maximum absolute atomic E-state index is 13.0. The number of carbonyl (C=O) groups excluding carboxylic acids is 1. The molecule has 0 aliphatic heterocycles. The Labute approximate surface area is 172 Å². The summed E-state index contributed by atoms with van der Waals surface area (Å²) >= 11 is 0. The first-order valence-corrected chi connectivity index (χ1v) is 11.1. The minimum absolute atomic E-state index is 0.170. The lowest BCUT2D eigenvalue weighted by molar-refractivity contribution is 0.102. The van der Waals surface area contributed by atoms with Gasteiger partial charge in [-0.15, -0.1) is 0 Å². The monoisotopic (exact) mass is 410 g/mol. The summed E-state index contributed by atoms with van der Waals surface area (Å²) in [5.41, 5.74) is 2.03. The number of benzene rings is 3. The first kappa shape index (κ1) is 21.0. The standard InChI is InChI=1S/C23H26N2O3S/c1-15(2)17(4)25-29(27,28)22-14-13-21(19-11-7-8-12-20(19)22)24-23(26)18-10-6-5-9-16(18)3/h5-15,17,25H,1-4H3,(H,24,26). The third-order valence-corrected chi connectivity index (χ3v) is 6.77. The predicted molar refractivity (Wildman–Crippen MR) is 118 cm³/mol. The van der Waals surface area contributed by atoms with Gasteiger partial charge in [0.05, 0.1) is 4.90 Å². The van der Waals surface area contributed by atoms with Crippen LogP contribution in [-0.4, -0.2) is 20.4 Å². The van der Waals surface area contributed by atoms with Crippen LogP contribution in [0.3, 0.4) is 0 Å². The Hall–Kier alpha value is -2.70. The fourth-order valence-corrected chi connectivity index (χ4v) is 4.68. The first-order chi connectivity index (χ1) is 13.7. The van der Waals surface area contributed by atoms with E-state index < -0.39 is 10.0 Å². The zero-order chi connectivity index (χ0) is 21.2. The van der Waals surface area contributed by atoms with Crippen LogP contribution >= 0.6 is 0 Å². The average Bonchev–Trinajstić information content (AvgIpc) is 2.67. The van der Waals surface area contributed by atoms with Gasteiger partial charge in [0.1, 0.15) is 0 Å². The fraction of sp³-hybridized carbons (Fsp3) is 0.261. The van der Waals surface area contributed by atoms with Crippen LogP contribution in [0.25, 0.3) is 10.8 Å². The minimum atomic E-state index is -3.70. The average molecular weight is 411 g/mol. The molecule has 2 N–H and O–H groups in total. The largest absolute Gasteiger partial charge is 0.321 e. The van der Waals surface area contributed by atoms with Crippen molar-refractivity contribution in [2.24, 2.45) is 5.92 Å². The van der Waals surface area contributed by atoms with Crippen LogP contribution in [0.5, 0.6) is 0 Å². The number of amides is 1. The van der Waals surface area contributed by atoms with Crippen molar-refractivity contribution in [2.45, 2.75) is 38.6 Å². The number of rotatable bonds is 6. The molecule has 1 atom stereocenters. The molecule has 3 rings (SSSR count). The summed E-state index contributed by atoms with van der Waals surface area (Å²) in [6, 6.07) is 17.5. The Bertz CT molecular complexity index is 1150. The molecule has 0 saturated carbocycles. The second kappa shape index (κ2) is 8.35. The van der Waals surface area contributed by atoms with Gasteiger partial charge in [-0.1, -0.05) is 56.3 Å². The summed E-state index contributed by atoms with van der Waals surface area (Å²) in [5, 5.41) is 4.17. The Balaban J connectivity index is 2.02. The molecule has 1 amide bonds. The second-order valence-electron chi connectivity index (χ2n) is 7.58. The van der Waals surface area contributed by atoms with Gasteiger partial charge in [0.15, 0.2) is 0 Å². The van der Waals surface area contributed by atoms with Crippen LogP contribution in [0.15, 0.2) is 65.6 Å². The second-order valence-corrected chi connectivity index (χ2v) is 9.26. The van der Waals surface area contributed by atoms with Crippen LogP contribution in [-0.2, 0) is 10.0 Å². The summed E-state index contributed by atoms with van der Waals surface area (Å²) in [4.78, 5) is 12.9. The van der Waals surface area contributed by atoms with Crippen LogP contribution in [0.1, 0.15) is 36.7 Å². The maximum Gasteiger partial charge on any atom is 0.255 e. The van der Waals surface area contributed by atoms with Crippen molar-refractivity contribution in [3.63, 3.8) is 0 Å². The zero-order valence-electron chi connectivity index (χ0n) is 17.1. The zero-order valence-corrected chi connectivity index (χ0v) is 17.9. The van der Waals surface area contributed by atoms with Gasteiger partial charge in [0, 0.05) is 28.1 Å². The van der Waals surface area contributed by atoms with Crippen molar-refractivity contribution in [3.8, 4) is 0 Å². The molecule has 0 saturated heterocycles. The van der Waals surface area contributed by atoms with E-state index in [0.29, 0.717) is 22.0 Å². The first-order valence-electron chi connectivity index (χ1n) is 9.62. The van der Waals surface area contributed by atoms with Gasteiger partial charge in [0.25, 0.3) is 5.91 Å². The summed E-state index contributed by atoms with van der Waals surface area (Å²) in [7, 11) is -3.70. The van der Waals surface area contributed by atoms with E-state index in [2.05, 4.69) is 10.0 Å². The van der Waals surface area contributed by atoms with E-state index in [1.807, 2.05) is 58.0 Å². The molecule has 0 heterocycles. The van der Waals surface area contributed by atoms with Crippen LogP contribution < -0.4 is 10.0 Å². The summed E-state index contributed by atoms with van der Waals surface area (Å²) in [6.07, 6.45) is 0. The van der Waals surface area contributed by atoms with E-state index in [4.69, 9.17) is 0 Å². The molecule has 29 heavy (non-hydrogen) atoms. The Kier molecular flexibility index (Phi) is 6.05. The van der Waals surface area contributed by atoms with Gasteiger partial charge >= 0.3 is 0 Å². The summed E-state index contributed by atoms with van der Waals surface area (Å²) in [5.74, 6) is -0.0564. The Morgan fingerprint density at radius 2 is 1.48 bits per heavy atom. The molecule has 0 aliphatic carbocycles. The van der Waals surface area contributed by atoms with E-state index >= 15 is 0 Å². The number of nitrogens with one attached hydrogen (secondary N) is 2. The topological polar surface area (TPSA) is 75.3 Å². The lowest BCUT2D eigenvalue weighted by Crippen LogP contribution is -2.36. The van der Waals surface area contributed by atoms with Crippen molar-refractivity contribution in [3.05, 3.63) is 71.8 Å². The number of hydrogen-bond donors (Lipinski definition) is 2. The minimum Gasteiger partial charge on any atom is -0.321 e. The molecule has 152 valence electrons. The lowest BCUT2D eigenvalue weighted by atomic mass is 10.1. The van der Waals surface area contributed by atoms with Crippen molar-refractivity contribution in [1.82, 2.24) is 4.72 Å².